The van der Waals surface area contributed by atoms with Crippen molar-refractivity contribution in [2.24, 2.45) is 0 Å². The molecular weight excluding hydrogens is 328 g/mol. The van der Waals surface area contributed by atoms with Crippen LogP contribution in [0.15, 0.2) is 10.5 Å². The molecule has 0 spiro atoms. The summed E-state index contributed by atoms with van der Waals surface area (Å²) < 4.78 is 9.54. The zero-order valence-corrected chi connectivity index (χ0v) is 13.7. The molecule has 0 bridgehead atoms. The first-order valence-electron chi connectivity index (χ1n) is 6.51. The minimum absolute atomic E-state index is 0.00846. The summed E-state index contributed by atoms with van der Waals surface area (Å²) in [5.74, 6) is 0.912. The van der Waals surface area contributed by atoms with Crippen molar-refractivity contribution >= 4 is 35.1 Å². The number of hydrogen-bond acceptors (Lipinski definition) is 6. The van der Waals surface area contributed by atoms with Gasteiger partial charge in [0.15, 0.2) is 0 Å². The number of halogens is 1. The Labute approximate surface area is 135 Å². The zero-order valence-electron chi connectivity index (χ0n) is 12.1. The first-order valence-corrected chi connectivity index (χ1v) is 7.66. The van der Waals surface area contributed by atoms with E-state index in [1.807, 2.05) is 0 Å². The maximum Gasteiger partial charge on any atom is 0.325 e. The number of aromatic nitrogens is 2. The zero-order chi connectivity index (χ0) is 16.1. The van der Waals surface area contributed by atoms with Gasteiger partial charge in [0.2, 0.25) is 0 Å². The highest BCUT2D eigenvalue weighted by Crippen LogP contribution is 2.34. The van der Waals surface area contributed by atoms with Crippen LogP contribution in [0.5, 0.6) is 0 Å². The summed E-state index contributed by atoms with van der Waals surface area (Å²) in [6.07, 6.45) is 0. The van der Waals surface area contributed by atoms with Gasteiger partial charge in [-0.2, -0.15) is 0 Å². The van der Waals surface area contributed by atoms with Crippen LogP contribution < -0.4 is 5.32 Å². The normalized spacial score (nSPS) is 21.5. The lowest BCUT2D eigenvalue weighted by Crippen LogP contribution is -2.41. The van der Waals surface area contributed by atoms with Gasteiger partial charge in [0, 0.05) is 17.1 Å². The van der Waals surface area contributed by atoms with Gasteiger partial charge in [-0.1, -0.05) is 16.1 Å². The Morgan fingerprint density at radius 1 is 1.45 bits per heavy atom. The summed E-state index contributed by atoms with van der Waals surface area (Å²) in [7, 11) is 0. The van der Waals surface area contributed by atoms with Crippen molar-refractivity contribution in [3.05, 3.63) is 33.2 Å². The van der Waals surface area contributed by atoms with Crippen molar-refractivity contribution in [1.29, 1.82) is 0 Å². The first-order chi connectivity index (χ1) is 10.3. The van der Waals surface area contributed by atoms with Gasteiger partial charge in [0.25, 0.3) is 5.91 Å². The largest absolute Gasteiger partial charge is 0.466 e. The number of carbonyl (C=O) groups is 2. The Morgan fingerprint density at radius 2 is 2.18 bits per heavy atom. The molecule has 0 aromatic carbocycles. The first kappa shape index (κ1) is 15.0. The fourth-order valence-electron chi connectivity index (χ4n) is 2.59. The summed E-state index contributed by atoms with van der Waals surface area (Å²) in [6, 6.07) is 1.27. The number of imide groups is 1. The van der Waals surface area contributed by atoms with Crippen molar-refractivity contribution in [2.75, 3.05) is 0 Å². The van der Waals surface area contributed by atoms with Gasteiger partial charge in [0.05, 0.1) is 6.54 Å². The van der Waals surface area contributed by atoms with Crippen LogP contribution in [0.2, 0.25) is 4.34 Å². The van der Waals surface area contributed by atoms with E-state index < -0.39 is 11.6 Å². The number of nitrogens with zero attached hydrogens (tertiary/aromatic N) is 3. The second-order valence-corrected chi connectivity index (χ2v) is 6.62. The third kappa shape index (κ3) is 2.19. The lowest BCUT2D eigenvalue weighted by Gasteiger charge is -2.20. The van der Waals surface area contributed by atoms with Crippen LogP contribution in [0.3, 0.4) is 0 Å². The molecule has 22 heavy (non-hydrogen) atoms. The molecule has 1 atom stereocenters. The molecule has 0 unspecified atom stereocenters. The maximum absolute atomic E-state index is 12.8. The second-order valence-electron chi connectivity index (χ2n) is 5.27. The van der Waals surface area contributed by atoms with E-state index in [0.29, 0.717) is 27.1 Å². The van der Waals surface area contributed by atoms with E-state index in [9.17, 15) is 9.59 Å². The Morgan fingerprint density at radius 3 is 2.73 bits per heavy atom. The Kier molecular flexibility index (Phi) is 3.45. The molecule has 3 heterocycles. The van der Waals surface area contributed by atoms with Crippen molar-refractivity contribution in [3.8, 4) is 0 Å². The molecule has 1 saturated heterocycles. The number of nitrogens with one attached hydrogen (secondary N) is 1. The van der Waals surface area contributed by atoms with Crippen LogP contribution in [0.1, 0.15) is 29.7 Å². The standard InChI is InChI=1S/C13H13ClN4O3S/c1-6-4-8(7(2)21-6)13(3)11(19)18(12(20)15-13)5-9-10(14)22-17-16-9/h4H,5H2,1-3H3,(H,15,20)/t13-/m1/s1. The number of amides is 3. The summed E-state index contributed by atoms with van der Waals surface area (Å²) in [6.45, 7) is 5.20. The minimum atomic E-state index is -1.16. The minimum Gasteiger partial charge on any atom is -0.466 e. The molecule has 0 saturated carbocycles. The number of carbonyl (C=O) groups excluding carboxylic acids is 2. The predicted octanol–water partition coefficient (Wildman–Crippen LogP) is 2.37. The van der Waals surface area contributed by atoms with E-state index in [2.05, 4.69) is 14.9 Å². The van der Waals surface area contributed by atoms with Crippen molar-refractivity contribution in [2.45, 2.75) is 32.9 Å². The van der Waals surface area contributed by atoms with Crippen LogP contribution in [0, 0.1) is 13.8 Å². The molecule has 1 aliphatic rings. The maximum atomic E-state index is 12.8. The van der Waals surface area contributed by atoms with E-state index >= 15 is 0 Å². The van der Waals surface area contributed by atoms with E-state index in [1.165, 1.54) is 0 Å². The predicted molar refractivity (Wildman–Crippen MR) is 79.5 cm³/mol. The molecule has 2 aromatic heterocycles. The average molecular weight is 341 g/mol. The van der Waals surface area contributed by atoms with Crippen LogP contribution in [0.4, 0.5) is 4.79 Å². The van der Waals surface area contributed by atoms with Gasteiger partial charge >= 0.3 is 6.03 Å². The highest BCUT2D eigenvalue weighted by atomic mass is 35.5. The molecule has 0 radical (unpaired) electrons. The van der Waals surface area contributed by atoms with Crippen molar-refractivity contribution in [3.63, 3.8) is 0 Å². The number of aryl methyl sites for hydroxylation is 2. The van der Waals surface area contributed by atoms with Crippen LogP contribution >= 0.6 is 23.1 Å². The molecule has 3 amide bonds. The molecule has 116 valence electrons. The third-order valence-corrected chi connectivity index (χ3v) is 4.66. The lowest BCUT2D eigenvalue weighted by atomic mass is 9.92. The molecule has 9 heteroatoms. The second kappa shape index (κ2) is 5.06. The van der Waals surface area contributed by atoms with E-state index in [1.54, 1.807) is 26.8 Å². The van der Waals surface area contributed by atoms with Crippen LogP contribution in [0.25, 0.3) is 0 Å². The van der Waals surface area contributed by atoms with E-state index in [0.717, 1.165) is 16.4 Å². The summed E-state index contributed by atoms with van der Waals surface area (Å²) in [5, 5.41) is 6.56. The number of rotatable bonds is 3. The smallest absolute Gasteiger partial charge is 0.325 e. The van der Waals surface area contributed by atoms with E-state index in [4.69, 9.17) is 16.0 Å². The monoisotopic (exact) mass is 340 g/mol. The quantitative estimate of drug-likeness (QED) is 0.866. The third-order valence-electron chi connectivity index (χ3n) is 3.67. The SMILES string of the molecule is Cc1cc([C@@]2(C)NC(=O)N(Cc3nnsc3Cl)C2=O)c(C)o1. The summed E-state index contributed by atoms with van der Waals surface area (Å²) in [4.78, 5) is 26.0. The molecule has 7 nitrogen and oxygen atoms in total. The average Bonchev–Trinajstić information content (AvgIpc) is 3.05. The highest BCUT2D eigenvalue weighted by molar-refractivity contribution is 7.10. The topological polar surface area (TPSA) is 88.3 Å². The summed E-state index contributed by atoms with van der Waals surface area (Å²) in [5.41, 5.74) is -0.109. The number of urea groups is 1. The van der Waals surface area contributed by atoms with Crippen molar-refractivity contribution in [1.82, 2.24) is 19.8 Å². The van der Waals surface area contributed by atoms with Gasteiger partial charge in [-0.3, -0.25) is 9.69 Å². The van der Waals surface area contributed by atoms with Gasteiger partial charge < -0.3 is 9.73 Å². The lowest BCUT2D eigenvalue weighted by molar-refractivity contribution is -0.131. The Hall–Kier alpha value is -1.93. The van der Waals surface area contributed by atoms with Crippen LogP contribution in [-0.4, -0.2) is 26.4 Å². The van der Waals surface area contributed by atoms with Gasteiger partial charge in [0.1, 0.15) is 27.1 Å². The number of hydrogen-bond donors (Lipinski definition) is 1. The van der Waals surface area contributed by atoms with Crippen molar-refractivity contribution < 1.29 is 14.0 Å². The Balaban J connectivity index is 1.94. The molecule has 2 aromatic rings. The van der Waals surface area contributed by atoms with Crippen LogP contribution in [-0.2, 0) is 16.9 Å². The van der Waals surface area contributed by atoms with Gasteiger partial charge in [-0.15, -0.1) is 5.10 Å². The Bertz CT molecular complexity index is 771. The fourth-order valence-corrected chi connectivity index (χ4v) is 3.20. The highest BCUT2D eigenvalue weighted by Gasteiger charge is 2.50. The van der Waals surface area contributed by atoms with E-state index in [-0.39, 0.29) is 12.5 Å². The van der Waals surface area contributed by atoms with Gasteiger partial charge in [-0.25, -0.2) is 4.79 Å². The molecule has 3 rings (SSSR count). The molecule has 1 N–H and O–H groups in total. The fraction of sp³-hybridized carbons (Fsp3) is 0.385. The molecule has 1 fully saturated rings. The molecule has 0 aliphatic carbocycles. The molecule has 1 aliphatic heterocycles. The van der Waals surface area contributed by atoms with Gasteiger partial charge in [-0.05, 0) is 26.8 Å². The number of furan rings is 1. The summed E-state index contributed by atoms with van der Waals surface area (Å²) >= 11 is 6.95. The molecular formula is C13H13ClN4O3S.